The number of amides is 1. The molecule has 1 aromatic carbocycles. The Hall–Kier alpha value is -1.79. The standard InChI is InChI=1S/C15H20N2O4/c1-14(2)20-11-5-4-10(6-12(11)21-14)17-13(18)7-19-15(3)8-16-9-15/h4-6,16H,7-9H2,1-3H3,(H,17,18). The van der Waals surface area contributed by atoms with Gasteiger partial charge in [-0.25, -0.2) is 0 Å². The van der Waals surface area contributed by atoms with Gasteiger partial charge >= 0.3 is 0 Å². The first-order valence-corrected chi connectivity index (χ1v) is 7.02. The molecule has 1 fully saturated rings. The Kier molecular flexibility index (Phi) is 3.30. The van der Waals surface area contributed by atoms with E-state index in [2.05, 4.69) is 10.6 Å². The first-order valence-electron chi connectivity index (χ1n) is 7.02. The number of nitrogens with one attached hydrogen (secondary N) is 2. The van der Waals surface area contributed by atoms with Crippen LogP contribution in [0.1, 0.15) is 20.8 Å². The van der Waals surface area contributed by atoms with Crippen LogP contribution >= 0.6 is 0 Å². The number of hydrogen-bond acceptors (Lipinski definition) is 5. The molecular weight excluding hydrogens is 272 g/mol. The van der Waals surface area contributed by atoms with Crippen molar-refractivity contribution in [2.24, 2.45) is 0 Å². The molecule has 2 aliphatic heterocycles. The third-order valence-electron chi connectivity index (χ3n) is 3.49. The molecule has 0 bridgehead atoms. The van der Waals surface area contributed by atoms with Gasteiger partial charge in [0.2, 0.25) is 11.7 Å². The average Bonchev–Trinajstić information content (AvgIpc) is 2.67. The van der Waals surface area contributed by atoms with Crippen LogP contribution in [0.15, 0.2) is 18.2 Å². The molecule has 0 spiro atoms. The maximum absolute atomic E-state index is 11.9. The average molecular weight is 292 g/mol. The van der Waals surface area contributed by atoms with Gasteiger partial charge < -0.3 is 24.8 Å². The van der Waals surface area contributed by atoms with Gasteiger partial charge in [-0.15, -0.1) is 0 Å². The summed E-state index contributed by atoms with van der Waals surface area (Å²) in [5.41, 5.74) is 0.441. The molecule has 0 unspecified atom stereocenters. The zero-order valence-corrected chi connectivity index (χ0v) is 12.5. The van der Waals surface area contributed by atoms with E-state index in [1.54, 1.807) is 18.2 Å². The van der Waals surface area contributed by atoms with Gasteiger partial charge in [0.1, 0.15) is 6.61 Å². The highest BCUT2D eigenvalue weighted by Crippen LogP contribution is 2.40. The number of fused-ring (bicyclic) bond motifs is 1. The topological polar surface area (TPSA) is 68.8 Å². The Labute approximate surface area is 123 Å². The van der Waals surface area contributed by atoms with Crippen LogP contribution in [0.25, 0.3) is 0 Å². The van der Waals surface area contributed by atoms with Crippen molar-refractivity contribution in [3.05, 3.63) is 18.2 Å². The second-order valence-electron chi connectivity index (χ2n) is 6.16. The smallest absolute Gasteiger partial charge is 0.250 e. The predicted molar refractivity (Wildman–Crippen MR) is 77.6 cm³/mol. The van der Waals surface area contributed by atoms with E-state index in [4.69, 9.17) is 14.2 Å². The van der Waals surface area contributed by atoms with Gasteiger partial charge in [-0.3, -0.25) is 4.79 Å². The van der Waals surface area contributed by atoms with E-state index in [9.17, 15) is 4.79 Å². The maximum Gasteiger partial charge on any atom is 0.250 e. The highest BCUT2D eigenvalue weighted by atomic mass is 16.7. The monoisotopic (exact) mass is 292 g/mol. The largest absolute Gasteiger partial charge is 0.449 e. The van der Waals surface area contributed by atoms with E-state index in [1.165, 1.54) is 0 Å². The van der Waals surface area contributed by atoms with E-state index < -0.39 is 5.79 Å². The van der Waals surface area contributed by atoms with Crippen LogP contribution in [0.2, 0.25) is 0 Å². The van der Waals surface area contributed by atoms with Gasteiger partial charge in [0.05, 0.1) is 5.60 Å². The van der Waals surface area contributed by atoms with Gasteiger partial charge in [0.15, 0.2) is 11.5 Å². The number of anilines is 1. The summed E-state index contributed by atoms with van der Waals surface area (Å²) in [7, 11) is 0. The Balaban J connectivity index is 1.57. The van der Waals surface area contributed by atoms with Crippen molar-refractivity contribution in [3.8, 4) is 11.5 Å². The molecule has 0 aromatic heterocycles. The third-order valence-corrected chi connectivity index (χ3v) is 3.49. The number of carbonyl (C=O) groups excluding carboxylic acids is 1. The van der Waals surface area contributed by atoms with Crippen LogP contribution in [0, 0.1) is 0 Å². The summed E-state index contributed by atoms with van der Waals surface area (Å²) in [4.78, 5) is 11.9. The zero-order chi connectivity index (χ0) is 15.1. The van der Waals surface area contributed by atoms with E-state index in [-0.39, 0.29) is 18.1 Å². The second-order valence-corrected chi connectivity index (χ2v) is 6.16. The van der Waals surface area contributed by atoms with Gasteiger partial charge in [-0.1, -0.05) is 0 Å². The second kappa shape index (κ2) is 4.89. The molecule has 114 valence electrons. The van der Waals surface area contributed by atoms with Crippen LogP contribution in [0.4, 0.5) is 5.69 Å². The molecule has 1 amide bonds. The highest BCUT2D eigenvalue weighted by Gasteiger charge is 2.33. The Bertz CT molecular complexity index is 567. The zero-order valence-electron chi connectivity index (χ0n) is 12.5. The van der Waals surface area contributed by atoms with E-state index >= 15 is 0 Å². The number of ether oxygens (including phenoxy) is 3. The van der Waals surface area contributed by atoms with Crippen LogP contribution in [0.3, 0.4) is 0 Å². The molecule has 0 atom stereocenters. The Morgan fingerprint density at radius 1 is 1.29 bits per heavy atom. The van der Waals surface area contributed by atoms with Crippen LogP contribution in [0.5, 0.6) is 11.5 Å². The molecule has 0 radical (unpaired) electrons. The van der Waals surface area contributed by atoms with Crippen LogP contribution in [-0.4, -0.2) is 37.0 Å². The summed E-state index contributed by atoms with van der Waals surface area (Å²) >= 11 is 0. The predicted octanol–water partition coefficient (Wildman–Crippen LogP) is 1.51. The van der Waals surface area contributed by atoms with Crippen molar-refractivity contribution >= 4 is 11.6 Å². The van der Waals surface area contributed by atoms with Gasteiger partial charge in [0, 0.05) is 38.7 Å². The lowest BCUT2D eigenvalue weighted by Crippen LogP contribution is -2.59. The van der Waals surface area contributed by atoms with Crippen LogP contribution < -0.4 is 20.1 Å². The fourth-order valence-corrected chi connectivity index (χ4v) is 2.32. The summed E-state index contributed by atoms with van der Waals surface area (Å²) in [6.07, 6.45) is 0. The molecule has 2 heterocycles. The van der Waals surface area contributed by atoms with Crippen molar-refractivity contribution in [2.75, 3.05) is 25.0 Å². The van der Waals surface area contributed by atoms with Crippen molar-refractivity contribution in [2.45, 2.75) is 32.2 Å². The summed E-state index contributed by atoms with van der Waals surface area (Å²) in [6.45, 7) is 7.26. The van der Waals surface area contributed by atoms with Gasteiger partial charge in [-0.2, -0.15) is 0 Å². The molecule has 2 aliphatic rings. The molecule has 6 heteroatoms. The van der Waals surface area contributed by atoms with Gasteiger partial charge in [-0.05, 0) is 19.1 Å². The number of benzene rings is 1. The lowest BCUT2D eigenvalue weighted by atomic mass is 10.0. The van der Waals surface area contributed by atoms with Crippen molar-refractivity contribution in [1.82, 2.24) is 5.32 Å². The van der Waals surface area contributed by atoms with Crippen molar-refractivity contribution in [1.29, 1.82) is 0 Å². The molecule has 2 N–H and O–H groups in total. The molecule has 0 saturated carbocycles. The molecule has 1 saturated heterocycles. The van der Waals surface area contributed by atoms with Gasteiger partial charge in [0.25, 0.3) is 0 Å². The first kappa shape index (κ1) is 14.2. The van der Waals surface area contributed by atoms with Crippen molar-refractivity contribution < 1.29 is 19.0 Å². The molecular formula is C15H20N2O4. The highest BCUT2D eigenvalue weighted by molar-refractivity contribution is 5.92. The number of carbonyl (C=O) groups is 1. The lowest BCUT2D eigenvalue weighted by molar-refractivity contribution is -0.130. The maximum atomic E-state index is 11.9. The minimum absolute atomic E-state index is 0.0398. The first-order chi connectivity index (χ1) is 9.85. The SMILES string of the molecule is CC1(OCC(=O)Nc2ccc3c(c2)OC(C)(C)O3)CNC1. The Morgan fingerprint density at radius 3 is 2.67 bits per heavy atom. The van der Waals surface area contributed by atoms with Crippen LogP contribution in [-0.2, 0) is 9.53 Å². The summed E-state index contributed by atoms with van der Waals surface area (Å²) < 4.78 is 16.8. The molecule has 6 nitrogen and oxygen atoms in total. The molecule has 21 heavy (non-hydrogen) atoms. The normalized spacial score (nSPS) is 20.7. The number of rotatable bonds is 4. The fourth-order valence-electron chi connectivity index (χ4n) is 2.32. The van der Waals surface area contributed by atoms with E-state index in [1.807, 2.05) is 20.8 Å². The summed E-state index contributed by atoms with van der Waals surface area (Å²) in [6, 6.07) is 5.33. The summed E-state index contributed by atoms with van der Waals surface area (Å²) in [5, 5.41) is 5.92. The van der Waals surface area contributed by atoms with E-state index in [0.29, 0.717) is 17.2 Å². The lowest BCUT2D eigenvalue weighted by Gasteiger charge is -2.38. The quantitative estimate of drug-likeness (QED) is 0.880. The number of hydrogen-bond donors (Lipinski definition) is 2. The summed E-state index contributed by atoms with van der Waals surface area (Å²) in [5.74, 6) is 0.470. The minimum Gasteiger partial charge on any atom is -0.449 e. The Morgan fingerprint density at radius 2 is 2.00 bits per heavy atom. The third kappa shape index (κ3) is 3.11. The molecule has 3 rings (SSSR count). The fraction of sp³-hybridized carbons (Fsp3) is 0.533. The van der Waals surface area contributed by atoms with Crippen molar-refractivity contribution in [3.63, 3.8) is 0 Å². The van der Waals surface area contributed by atoms with E-state index in [0.717, 1.165) is 13.1 Å². The minimum atomic E-state index is -0.667. The molecule has 1 aromatic rings. The molecule has 0 aliphatic carbocycles.